The van der Waals surface area contributed by atoms with Crippen LogP contribution in [0.1, 0.15) is 17.0 Å². The topological polar surface area (TPSA) is 85.6 Å². The van der Waals surface area contributed by atoms with Crippen molar-refractivity contribution in [2.45, 2.75) is 5.92 Å². The molecule has 0 saturated heterocycles. The fraction of sp³-hybridized carbons (Fsp3) is 0.0870. The van der Waals surface area contributed by atoms with Crippen molar-refractivity contribution in [3.8, 4) is 23.2 Å². The van der Waals surface area contributed by atoms with Gasteiger partial charge in [-0.3, -0.25) is 10.5 Å². The quantitative estimate of drug-likeness (QED) is 0.441. The molecule has 1 aliphatic heterocycles. The summed E-state index contributed by atoms with van der Waals surface area (Å²) in [4.78, 5) is 0. The highest BCUT2D eigenvalue weighted by atomic mass is 35.5. The van der Waals surface area contributed by atoms with E-state index in [0.717, 1.165) is 16.3 Å². The minimum Gasteiger partial charge on any atom is -0.422 e. The van der Waals surface area contributed by atoms with Crippen LogP contribution in [-0.2, 0) is 0 Å². The first-order valence-corrected chi connectivity index (χ1v) is 9.64. The number of ether oxygens (including phenoxy) is 1. The molecule has 4 aromatic rings. The summed E-state index contributed by atoms with van der Waals surface area (Å²) in [6.45, 7) is 0. The lowest BCUT2D eigenvalue weighted by Crippen LogP contribution is -2.31. The molecule has 0 bridgehead atoms. The van der Waals surface area contributed by atoms with Crippen LogP contribution in [0.15, 0.2) is 60.7 Å². The molecule has 7 heteroatoms. The van der Waals surface area contributed by atoms with E-state index < -0.39 is 17.7 Å². The van der Waals surface area contributed by atoms with Crippen LogP contribution in [0.2, 0.25) is 5.02 Å². The third kappa shape index (κ3) is 2.67. The van der Waals surface area contributed by atoms with Crippen molar-refractivity contribution in [2.75, 3.05) is 0 Å². The van der Waals surface area contributed by atoms with E-state index in [9.17, 15) is 9.65 Å². The Morgan fingerprint density at radius 3 is 2.63 bits per heavy atom. The van der Waals surface area contributed by atoms with Crippen LogP contribution in [0.5, 0.6) is 5.88 Å². The monoisotopic (exact) mass is 416 g/mol. The van der Waals surface area contributed by atoms with E-state index in [-0.39, 0.29) is 22.4 Å². The molecule has 146 valence electrons. The fourth-order valence-electron chi connectivity index (χ4n) is 4.09. The van der Waals surface area contributed by atoms with Gasteiger partial charge in [-0.25, -0.2) is 4.39 Å². The predicted octanol–water partition coefficient (Wildman–Crippen LogP) is 5.66. The largest absolute Gasteiger partial charge is 0.422 e. The molecule has 30 heavy (non-hydrogen) atoms. The zero-order valence-corrected chi connectivity index (χ0v) is 16.2. The molecule has 1 aliphatic rings. The van der Waals surface area contributed by atoms with Gasteiger partial charge in [0.05, 0.1) is 17.3 Å². The second kappa shape index (κ2) is 6.97. The van der Waals surface area contributed by atoms with Gasteiger partial charge in [-0.05, 0) is 22.9 Å². The first-order valence-electron chi connectivity index (χ1n) is 9.26. The molecule has 0 spiro atoms. The van der Waals surface area contributed by atoms with Gasteiger partial charge in [0.15, 0.2) is 0 Å². The third-order valence-corrected chi connectivity index (χ3v) is 5.74. The lowest BCUT2D eigenvalue weighted by molar-refractivity contribution is 0.432. The zero-order valence-electron chi connectivity index (χ0n) is 15.5. The molecule has 3 aromatic carbocycles. The Hall–Kier alpha value is -3.69. The van der Waals surface area contributed by atoms with Gasteiger partial charge in [-0.1, -0.05) is 60.1 Å². The number of nitriles is 1. The maximum atomic E-state index is 14.9. The number of rotatable bonds is 2. The van der Waals surface area contributed by atoms with Gasteiger partial charge in [-0.15, -0.1) is 5.10 Å². The van der Waals surface area contributed by atoms with Crippen molar-refractivity contribution in [3.63, 3.8) is 0 Å². The van der Waals surface area contributed by atoms with Gasteiger partial charge in [-0.2, -0.15) is 5.26 Å². The summed E-state index contributed by atoms with van der Waals surface area (Å²) in [5.41, 5.74) is 2.12. The van der Waals surface area contributed by atoms with Gasteiger partial charge in [0.1, 0.15) is 11.7 Å². The Morgan fingerprint density at radius 1 is 1.07 bits per heavy atom. The van der Waals surface area contributed by atoms with E-state index in [1.54, 1.807) is 6.07 Å². The van der Waals surface area contributed by atoms with E-state index >= 15 is 0 Å². The Bertz CT molecular complexity index is 1330. The van der Waals surface area contributed by atoms with Crippen molar-refractivity contribution in [2.24, 2.45) is 5.92 Å². The van der Waals surface area contributed by atoms with Crippen LogP contribution in [0.4, 0.5) is 4.39 Å². The SMILES string of the molecule is N#CC1C(=N)Oc2n[nH]c(-c3cccc4ccccc34)c2C1c1c(F)cccc1Cl. The minimum atomic E-state index is -1.04. The van der Waals surface area contributed by atoms with E-state index in [1.165, 1.54) is 12.1 Å². The fourth-order valence-corrected chi connectivity index (χ4v) is 4.37. The van der Waals surface area contributed by atoms with E-state index in [0.29, 0.717) is 11.3 Å². The molecular weight excluding hydrogens is 403 g/mol. The number of hydrogen-bond acceptors (Lipinski definition) is 4. The Morgan fingerprint density at radius 2 is 1.83 bits per heavy atom. The standard InChI is InChI=1S/C23H14ClFN4O/c24-16-9-4-10-17(25)19(16)18-15(11-26)22(27)30-23-20(18)21(28-29-23)14-8-3-6-12-5-1-2-7-13(12)14/h1-10,15,18,27H,(H,28,29). The van der Waals surface area contributed by atoms with E-state index in [2.05, 4.69) is 16.3 Å². The number of fused-ring (bicyclic) bond motifs is 2. The van der Waals surface area contributed by atoms with Crippen LogP contribution >= 0.6 is 11.6 Å². The van der Waals surface area contributed by atoms with Gasteiger partial charge in [0, 0.05) is 22.1 Å². The van der Waals surface area contributed by atoms with Crippen molar-refractivity contribution in [1.82, 2.24) is 10.2 Å². The van der Waals surface area contributed by atoms with Crippen LogP contribution < -0.4 is 4.74 Å². The minimum absolute atomic E-state index is 0.152. The molecule has 0 aliphatic carbocycles. The smallest absolute Gasteiger partial charge is 0.244 e. The number of aromatic nitrogens is 2. The highest BCUT2D eigenvalue weighted by Gasteiger charge is 2.43. The van der Waals surface area contributed by atoms with Gasteiger partial charge < -0.3 is 4.74 Å². The van der Waals surface area contributed by atoms with Gasteiger partial charge >= 0.3 is 0 Å². The Kier molecular flexibility index (Phi) is 4.27. The maximum Gasteiger partial charge on any atom is 0.244 e. The van der Waals surface area contributed by atoms with Gasteiger partial charge in [0.2, 0.25) is 11.8 Å². The number of benzene rings is 3. The van der Waals surface area contributed by atoms with Crippen LogP contribution in [0.25, 0.3) is 22.0 Å². The number of nitrogens with zero attached hydrogens (tertiary/aromatic N) is 2. The summed E-state index contributed by atoms with van der Waals surface area (Å²) >= 11 is 6.37. The lowest BCUT2D eigenvalue weighted by Gasteiger charge is -2.29. The number of halogens is 2. The number of nitrogens with one attached hydrogen (secondary N) is 2. The van der Waals surface area contributed by atoms with E-state index in [1.807, 2.05) is 42.5 Å². The molecule has 2 unspecified atom stereocenters. The first kappa shape index (κ1) is 18.3. The molecule has 5 nitrogen and oxygen atoms in total. The summed E-state index contributed by atoms with van der Waals surface area (Å²) in [7, 11) is 0. The molecule has 0 radical (unpaired) electrons. The zero-order chi connectivity index (χ0) is 20.8. The summed E-state index contributed by atoms with van der Waals surface area (Å²) in [5.74, 6) is -2.56. The molecule has 1 aromatic heterocycles. The number of hydrogen-bond donors (Lipinski definition) is 2. The lowest BCUT2D eigenvalue weighted by atomic mass is 9.78. The van der Waals surface area contributed by atoms with E-state index in [4.69, 9.17) is 21.7 Å². The summed E-state index contributed by atoms with van der Waals surface area (Å²) in [5, 5.41) is 27.4. The summed E-state index contributed by atoms with van der Waals surface area (Å²) < 4.78 is 20.5. The first-order chi connectivity index (χ1) is 14.6. The molecule has 2 N–H and O–H groups in total. The normalized spacial score (nSPS) is 18.0. The third-order valence-electron chi connectivity index (χ3n) is 5.41. The second-order valence-electron chi connectivity index (χ2n) is 7.03. The van der Waals surface area contributed by atoms with Crippen molar-refractivity contribution in [1.29, 1.82) is 10.7 Å². The average Bonchev–Trinajstić information content (AvgIpc) is 3.16. The molecule has 0 amide bonds. The number of H-pyrrole nitrogens is 1. The molecule has 0 fully saturated rings. The Labute approximate surface area is 176 Å². The Balaban J connectivity index is 1.83. The molecular formula is C23H14ClFN4O. The molecule has 2 heterocycles. The molecule has 5 rings (SSSR count). The van der Waals surface area contributed by atoms with Crippen molar-refractivity contribution in [3.05, 3.63) is 82.6 Å². The second-order valence-corrected chi connectivity index (χ2v) is 7.44. The summed E-state index contributed by atoms with van der Waals surface area (Å²) in [6.07, 6.45) is 0. The van der Waals surface area contributed by atoms with Crippen LogP contribution in [0, 0.1) is 28.5 Å². The van der Waals surface area contributed by atoms with Gasteiger partial charge in [0.25, 0.3) is 0 Å². The predicted molar refractivity (Wildman–Crippen MR) is 112 cm³/mol. The molecule has 0 saturated carbocycles. The maximum absolute atomic E-state index is 14.9. The molecule has 2 atom stereocenters. The average molecular weight is 417 g/mol. The number of aromatic amines is 1. The van der Waals surface area contributed by atoms with Crippen LogP contribution in [0.3, 0.4) is 0 Å². The van der Waals surface area contributed by atoms with Crippen LogP contribution in [-0.4, -0.2) is 16.1 Å². The highest BCUT2D eigenvalue weighted by molar-refractivity contribution is 6.31. The summed E-state index contributed by atoms with van der Waals surface area (Å²) in [6, 6.07) is 20.2. The van der Waals surface area contributed by atoms with Crippen molar-refractivity contribution < 1.29 is 9.13 Å². The van der Waals surface area contributed by atoms with Crippen molar-refractivity contribution >= 4 is 28.3 Å². The highest BCUT2D eigenvalue weighted by Crippen LogP contribution is 2.48.